The lowest BCUT2D eigenvalue weighted by molar-refractivity contribution is 0.576. The van der Waals surface area contributed by atoms with Gasteiger partial charge in [-0.3, -0.25) is 0 Å². The van der Waals surface area contributed by atoms with E-state index in [0.717, 1.165) is 18.2 Å². The van der Waals surface area contributed by atoms with Crippen molar-refractivity contribution < 1.29 is 21.2 Å². The Bertz CT molecular complexity index is 674. The predicted molar refractivity (Wildman–Crippen MR) is 73.5 cm³/mol. The van der Waals surface area contributed by atoms with Crippen molar-refractivity contribution in [3.63, 3.8) is 0 Å². The minimum atomic E-state index is -3.93. The molecule has 1 rings (SSSR count). The average molecular weight is 325 g/mol. The highest BCUT2D eigenvalue weighted by Crippen LogP contribution is 2.16. The lowest BCUT2D eigenvalue weighted by Gasteiger charge is -2.08. The van der Waals surface area contributed by atoms with E-state index < -0.39 is 31.6 Å². The van der Waals surface area contributed by atoms with Crippen molar-refractivity contribution in [1.29, 1.82) is 0 Å². The minimum absolute atomic E-state index is 0.225. The maximum absolute atomic E-state index is 13.0. The Kier molecular flexibility index (Phi) is 5.45. The number of sulfonamides is 2. The van der Waals surface area contributed by atoms with Crippen molar-refractivity contribution in [1.82, 2.24) is 9.44 Å². The highest BCUT2D eigenvalue weighted by Gasteiger charge is 2.17. The second-order valence-electron chi connectivity index (χ2n) is 3.90. The first-order valence-corrected chi connectivity index (χ1v) is 8.83. The van der Waals surface area contributed by atoms with Crippen molar-refractivity contribution in [3.8, 4) is 0 Å². The number of benzene rings is 1. The predicted octanol–water partition coefficient (Wildman–Crippen LogP) is -0.374. The van der Waals surface area contributed by atoms with E-state index in [4.69, 9.17) is 5.73 Å². The molecule has 7 nitrogen and oxygen atoms in total. The van der Waals surface area contributed by atoms with E-state index in [2.05, 4.69) is 9.44 Å². The molecule has 0 unspecified atom stereocenters. The zero-order valence-corrected chi connectivity index (χ0v) is 12.4. The quantitative estimate of drug-likeness (QED) is 0.591. The van der Waals surface area contributed by atoms with E-state index in [-0.39, 0.29) is 23.7 Å². The highest BCUT2D eigenvalue weighted by atomic mass is 32.2. The van der Waals surface area contributed by atoms with Crippen molar-refractivity contribution in [2.45, 2.75) is 11.8 Å². The third kappa shape index (κ3) is 4.71. The molecular weight excluding hydrogens is 309 g/mol. The van der Waals surface area contributed by atoms with Crippen LogP contribution in [0.1, 0.15) is 6.92 Å². The van der Waals surface area contributed by atoms with E-state index in [1.165, 1.54) is 0 Å². The van der Waals surface area contributed by atoms with Crippen LogP contribution >= 0.6 is 0 Å². The standard InChI is InChI=1S/C10H16FN3O4S2/c1-2-13-19(15,16)6-5-14-20(17,18)8-3-4-9(11)10(12)7-8/h3-4,7,13-14H,2,5-6,12H2,1H3. The number of nitrogens with one attached hydrogen (secondary N) is 2. The largest absolute Gasteiger partial charge is 0.396 e. The van der Waals surface area contributed by atoms with Gasteiger partial charge >= 0.3 is 0 Å². The molecular formula is C10H16FN3O4S2. The Balaban J connectivity index is 2.74. The molecule has 0 atom stereocenters. The monoisotopic (exact) mass is 325 g/mol. The first-order chi connectivity index (χ1) is 9.18. The summed E-state index contributed by atoms with van der Waals surface area (Å²) in [5, 5.41) is 0. The van der Waals surface area contributed by atoms with Crippen molar-refractivity contribution in [2.24, 2.45) is 0 Å². The van der Waals surface area contributed by atoms with Crippen molar-refractivity contribution in [2.75, 3.05) is 24.6 Å². The maximum atomic E-state index is 13.0. The van der Waals surface area contributed by atoms with E-state index in [1.807, 2.05) is 0 Å². The van der Waals surface area contributed by atoms with Gasteiger partial charge < -0.3 is 5.73 Å². The van der Waals surface area contributed by atoms with Crippen LogP contribution in [0, 0.1) is 5.82 Å². The molecule has 1 aromatic rings. The Morgan fingerprint density at radius 1 is 1.20 bits per heavy atom. The first-order valence-electron chi connectivity index (χ1n) is 5.70. The van der Waals surface area contributed by atoms with Gasteiger partial charge in [-0.2, -0.15) is 0 Å². The number of nitrogens with two attached hydrogens (primary N) is 1. The van der Waals surface area contributed by atoms with Crippen molar-refractivity contribution >= 4 is 25.7 Å². The summed E-state index contributed by atoms with van der Waals surface area (Å²) >= 11 is 0. The summed E-state index contributed by atoms with van der Waals surface area (Å²) in [5.74, 6) is -1.12. The number of nitrogen functional groups attached to an aromatic ring is 1. The number of hydrogen-bond donors (Lipinski definition) is 3. The molecule has 0 saturated carbocycles. The fourth-order valence-corrected chi connectivity index (χ4v) is 3.53. The van der Waals surface area contributed by atoms with Gasteiger partial charge in [-0.25, -0.2) is 30.7 Å². The highest BCUT2D eigenvalue weighted by molar-refractivity contribution is 7.90. The van der Waals surface area contributed by atoms with Gasteiger partial charge in [-0.05, 0) is 18.2 Å². The summed E-state index contributed by atoms with van der Waals surface area (Å²) in [6.45, 7) is 1.54. The van der Waals surface area contributed by atoms with E-state index in [9.17, 15) is 21.2 Å². The number of halogens is 1. The third-order valence-electron chi connectivity index (χ3n) is 2.30. The van der Waals surface area contributed by atoms with E-state index in [1.54, 1.807) is 6.92 Å². The number of anilines is 1. The molecule has 4 N–H and O–H groups in total. The van der Waals surface area contributed by atoms with Crippen LogP contribution in [-0.2, 0) is 20.0 Å². The molecule has 0 fully saturated rings. The van der Waals surface area contributed by atoms with Gasteiger partial charge in [0.25, 0.3) is 0 Å². The lowest BCUT2D eigenvalue weighted by atomic mass is 10.3. The van der Waals surface area contributed by atoms with Gasteiger partial charge in [0, 0.05) is 13.1 Å². The molecule has 0 spiro atoms. The van der Waals surface area contributed by atoms with Crippen LogP contribution in [0.3, 0.4) is 0 Å². The van der Waals surface area contributed by atoms with Crippen LogP contribution < -0.4 is 15.2 Å². The van der Waals surface area contributed by atoms with Crippen LogP contribution in [0.15, 0.2) is 23.1 Å². The molecule has 20 heavy (non-hydrogen) atoms. The van der Waals surface area contributed by atoms with Gasteiger partial charge in [0.15, 0.2) is 0 Å². The Labute approximate surface area is 117 Å². The summed E-state index contributed by atoms with van der Waals surface area (Å²) in [7, 11) is -7.44. The summed E-state index contributed by atoms with van der Waals surface area (Å²) < 4.78 is 63.6. The molecule has 10 heteroatoms. The van der Waals surface area contributed by atoms with Crippen LogP contribution in [-0.4, -0.2) is 35.7 Å². The molecule has 1 aromatic carbocycles. The second kappa shape index (κ2) is 6.48. The summed E-state index contributed by atoms with van der Waals surface area (Å²) in [4.78, 5) is -0.225. The molecule has 0 aromatic heterocycles. The maximum Gasteiger partial charge on any atom is 0.240 e. The molecule has 0 heterocycles. The van der Waals surface area contributed by atoms with E-state index >= 15 is 0 Å². The van der Waals surface area contributed by atoms with Gasteiger partial charge in [-0.15, -0.1) is 0 Å². The molecule has 0 aliphatic carbocycles. The number of hydrogen-bond acceptors (Lipinski definition) is 5. The fourth-order valence-electron chi connectivity index (χ4n) is 1.37. The van der Waals surface area contributed by atoms with Crippen LogP contribution in [0.5, 0.6) is 0 Å². The molecule has 0 saturated heterocycles. The van der Waals surface area contributed by atoms with Gasteiger partial charge in [0.05, 0.1) is 16.3 Å². The molecule has 0 aliphatic rings. The fraction of sp³-hybridized carbons (Fsp3) is 0.400. The van der Waals surface area contributed by atoms with Gasteiger partial charge in [-0.1, -0.05) is 6.92 Å². The SMILES string of the molecule is CCNS(=O)(=O)CCNS(=O)(=O)c1ccc(F)c(N)c1. The van der Waals surface area contributed by atoms with Crippen molar-refractivity contribution in [3.05, 3.63) is 24.0 Å². The molecule has 0 radical (unpaired) electrons. The Morgan fingerprint density at radius 2 is 1.85 bits per heavy atom. The molecule has 114 valence electrons. The van der Waals surface area contributed by atoms with Gasteiger partial charge in [0.1, 0.15) is 5.82 Å². The van der Waals surface area contributed by atoms with Crippen LogP contribution in [0.25, 0.3) is 0 Å². The average Bonchev–Trinajstić information content (AvgIpc) is 2.31. The second-order valence-corrected chi connectivity index (χ2v) is 7.59. The summed E-state index contributed by atoms with van der Waals surface area (Å²) in [5.41, 5.74) is 4.98. The first kappa shape index (κ1) is 16.8. The van der Waals surface area contributed by atoms with Crippen LogP contribution in [0.4, 0.5) is 10.1 Å². The number of rotatable bonds is 7. The minimum Gasteiger partial charge on any atom is -0.396 e. The van der Waals surface area contributed by atoms with Gasteiger partial charge in [0.2, 0.25) is 20.0 Å². The Hall–Kier alpha value is -1.23. The topological polar surface area (TPSA) is 118 Å². The normalized spacial score (nSPS) is 12.5. The Morgan fingerprint density at radius 3 is 2.40 bits per heavy atom. The molecule has 0 bridgehead atoms. The zero-order valence-electron chi connectivity index (χ0n) is 10.8. The molecule has 0 amide bonds. The summed E-state index contributed by atoms with van der Waals surface area (Å²) in [6, 6.07) is 2.95. The smallest absolute Gasteiger partial charge is 0.240 e. The van der Waals surface area contributed by atoms with Crippen LogP contribution in [0.2, 0.25) is 0 Å². The zero-order chi connectivity index (χ0) is 15.4. The molecule has 0 aliphatic heterocycles. The van der Waals surface area contributed by atoms with E-state index in [0.29, 0.717) is 0 Å². The third-order valence-corrected chi connectivity index (χ3v) is 5.23. The lowest BCUT2D eigenvalue weighted by Crippen LogP contribution is -2.34. The summed E-state index contributed by atoms with van der Waals surface area (Å²) in [6.07, 6.45) is 0.